The van der Waals surface area contributed by atoms with Crippen molar-refractivity contribution in [3.05, 3.63) is 65.2 Å². The fraction of sp³-hybridized carbons (Fsp3) is 0.391. The van der Waals surface area contributed by atoms with Crippen molar-refractivity contribution in [2.75, 3.05) is 11.9 Å². The zero-order valence-electron chi connectivity index (χ0n) is 16.9. The van der Waals surface area contributed by atoms with Crippen LogP contribution in [0.5, 0.6) is 0 Å². The molecule has 2 rings (SSSR count). The summed E-state index contributed by atoms with van der Waals surface area (Å²) in [5.74, 6) is 0.216. The molecule has 0 spiro atoms. The molecule has 0 bridgehead atoms. The molecule has 150 valence electrons. The first kappa shape index (κ1) is 21.6. The van der Waals surface area contributed by atoms with E-state index in [0.29, 0.717) is 23.6 Å². The van der Waals surface area contributed by atoms with Crippen LogP contribution in [0, 0.1) is 5.92 Å². The van der Waals surface area contributed by atoms with Gasteiger partial charge in [0.1, 0.15) is 0 Å². The van der Waals surface area contributed by atoms with Crippen molar-refractivity contribution in [2.24, 2.45) is 5.92 Å². The summed E-state index contributed by atoms with van der Waals surface area (Å²) in [5.41, 5.74) is 3.27. The highest BCUT2D eigenvalue weighted by molar-refractivity contribution is 6.05. The Hall–Kier alpha value is -2.66. The van der Waals surface area contributed by atoms with E-state index in [1.54, 1.807) is 12.1 Å². The highest BCUT2D eigenvalue weighted by Gasteiger charge is 2.13. The fourth-order valence-electron chi connectivity index (χ4n) is 3.00. The van der Waals surface area contributed by atoms with Crippen molar-refractivity contribution >= 4 is 17.5 Å². The maximum Gasteiger partial charge on any atom is 0.255 e. The molecule has 5 heteroatoms. The van der Waals surface area contributed by atoms with E-state index in [9.17, 15) is 9.59 Å². The van der Waals surface area contributed by atoms with Gasteiger partial charge in [0.2, 0.25) is 5.91 Å². The van der Waals surface area contributed by atoms with Gasteiger partial charge in [0.25, 0.3) is 5.91 Å². The third kappa shape index (κ3) is 6.50. The van der Waals surface area contributed by atoms with E-state index >= 15 is 0 Å². The van der Waals surface area contributed by atoms with Crippen molar-refractivity contribution in [3.8, 4) is 0 Å². The second-order valence-electron chi connectivity index (χ2n) is 7.44. The highest BCUT2D eigenvalue weighted by atomic mass is 16.3. The number of amides is 2. The van der Waals surface area contributed by atoms with Crippen LogP contribution in [0.15, 0.2) is 48.5 Å². The Morgan fingerprint density at radius 1 is 1.04 bits per heavy atom. The van der Waals surface area contributed by atoms with Crippen molar-refractivity contribution in [1.82, 2.24) is 5.32 Å². The molecular formula is C23H30N2O3. The normalized spacial score (nSPS) is 11.9. The zero-order valence-corrected chi connectivity index (χ0v) is 16.9. The van der Waals surface area contributed by atoms with Crippen LogP contribution in [0.4, 0.5) is 5.69 Å². The number of carbonyl (C=O) groups is 2. The van der Waals surface area contributed by atoms with E-state index < -0.39 is 0 Å². The summed E-state index contributed by atoms with van der Waals surface area (Å²) in [4.78, 5) is 24.7. The number of hydrogen-bond donors (Lipinski definition) is 3. The first-order valence-electron chi connectivity index (χ1n) is 9.81. The van der Waals surface area contributed by atoms with Crippen molar-refractivity contribution in [2.45, 2.75) is 46.1 Å². The molecule has 0 heterocycles. The van der Waals surface area contributed by atoms with Crippen molar-refractivity contribution in [3.63, 3.8) is 0 Å². The molecule has 5 nitrogen and oxygen atoms in total. The van der Waals surface area contributed by atoms with Crippen LogP contribution >= 0.6 is 0 Å². The van der Waals surface area contributed by atoms with E-state index in [1.165, 1.54) is 0 Å². The summed E-state index contributed by atoms with van der Waals surface area (Å²) >= 11 is 0. The first-order valence-corrected chi connectivity index (χ1v) is 9.81. The van der Waals surface area contributed by atoms with Gasteiger partial charge < -0.3 is 15.7 Å². The molecule has 3 N–H and O–H groups in total. The molecule has 28 heavy (non-hydrogen) atoms. The molecule has 0 aliphatic heterocycles. The maximum atomic E-state index is 12.7. The van der Waals surface area contributed by atoms with Crippen LogP contribution in [0.3, 0.4) is 0 Å². The number of benzene rings is 2. The summed E-state index contributed by atoms with van der Waals surface area (Å²) in [7, 11) is 0. The molecule has 2 amide bonds. The summed E-state index contributed by atoms with van der Waals surface area (Å²) < 4.78 is 0. The second-order valence-corrected chi connectivity index (χ2v) is 7.44. The minimum Gasteiger partial charge on any atom is -0.394 e. The topological polar surface area (TPSA) is 78.4 Å². The SMILES string of the molecule is CC[C@H](CO)NC(=O)Cc1ccc(NC(=O)c2ccccc2CC(C)C)cc1. The largest absolute Gasteiger partial charge is 0.394 e. The Morgan fingerprint density at radius 2 is 1.71 bits per heavy atom. The molecular weight excluding hydrogens is 352 g/mol. The molecule has 0 aliphatic carbocycles. The average molecular weight is 383 g/mol. The van der Waals surface area contributed by atoms with Gasteiger partial charge in [-0.1, -0.05) is 51.1 Å². The number of rotatable bonds is 9. The minimum absolute atomic E-state index is 0.0640. The highest BCUT2D eigenvalue weighted by Crippen LogP contribution is 2.17. The molecule has 0 saturated heterocycles. The molecule has 0 unspecified atom stereocenters. The number of aliphatic hydroxyl groups excluding tert-OH is 1. The van der Waals surface area contributed by atoms with E-state index in [4.69, 9.17) is 5.11 Å². The Balaban J connectivity index is 1.99. The van der Waals surface area contributed by atoms with Gasteiger partial charge in [-0.15, -0.1) is 0 Å². The maximum absolute atomic E-state index is 12.7. The molecule has 0 aromatic heterocycles. The molecule has 0 saturated carbocycles. The van der Waals surface area contributed by atoms with Crippen molar-refractivity contribution in [1.29, 1.82) is 0 Å². The Kier molecular flexibility index (Phi) is 8.20. The van der Waals surface area contributed by atoms with E-state index in [0.717, 1.165) is 17.5 Å². The van der Waals surface area contributed by atoms with Crippen LogP contribution in [-0.2, 0) is 17.6 Å². The lowest BCUT2D eigenvalue weighted by Crippen LogP contribution is -2.37. The third-order valence-corrected chi connectivity index (χ3v) is 4.54. The lowest BCUT2D eigenvalue weighted by atomic mass is 9.97. The molecule has 2 aromatic carbocycles. The predicted octanol–water partition coefficient (Wildman–Crippen LogP) is 3.57. The molecule has 0 radical (unpaired) electrons. The van der Waals surface area contributed by atoms with Gasteiger partial charge in [-0.25, -0.2) is 0 Å². The summed E-state index contributed by atoms with van der Waals surface area (Å²) in [5, 5.41) is 14.9. The average Bonchev–Trinajstić information content (AvgIpc) is 2.67. The lowest BCUT2D eigenvalue weighted by molar-refractivity contribution is -0.121. The van der Waals surface area contributed by atoms with E-state index in [-0.39, 0.29) is 30.9 Å². The first-order chi connectivity index (χ1) is 13.4. The Bertz CT molecular complexity index is 781. The number of aliphatic hydroxyl groups is 1. The molecule has 2 aromatic rings. The second kappa shape index (κ2) is 10.6. The number of nitrogens with one attached hydrogen (secondary N) is 2. The Labute approximate surface area is 167 Å². The zero-order chi connectivity index (χ0) is 20.5. The lowest BCUT2D eigenvalue weighted by Gasteiger charge is -2.14. The minimum atomic E-state index is -0.211. The summed E-state index contributed by atoms with van der Waals surface area (Å²) in [6.07, 6.45) is 1.78. The van der Waals surface area contributed by atoms with Crippen LogP contribution in [0.25, 0.3) is 0 Å². The summed E-state index contributed by atoms with van der Waals surface area (Å²) in [6, 6.07) is 14.7. The van der Waals surface area contributed by atoms with Gasteiger partial charge in [-0.2, -0.15) is 0 Å². The third-order valence-electron chi connectivity index (χ3n) is 4.54. The smallest absolute Gasteiger partial charge is 0.255 e. The fourth-order valence-corrected chi connectivity index (χ4v) is 3.00. The predicted molar refractivity (Wildman–Crippen MR) is 112 cm³/mol. The van der Waals surface area contributed by atoms with E-state index in [1.807, 2.05) is 43.3 Å². The van der Waals surface area contributed by atoms with Crippen LogP contribution in [0.1, 0.15) is 48.7 Å². The standard InChI is InChI=1S/C23H30N2O3/c1-4-19(15-26)24-22(27)14-17-9-11-20(12-10-17)25-23(28)21-8-6-5-7-18(21)13-16(2)3/h5-12,16,19,26H,4,13-15H2,1-3H3,(H,24,27)(H,25,28)/t19-/m1/s1. The number of anilines is 1. The monoisotopic (exact) mass is 382 g/mol. The number of carbonyl (C=O) groups excluding carboxylic acids is 2. The quantitative estimate of drug-likeness (QED) is 0.620. The van der Waals surface area contributed by atoms with Crippen LogP contribution < -0.4 is 10.6 Å². The molecule has 0 aliphatic rings. The number of hydrogen-bond acceptors (Lipinski definition) is 3. The van der Waals surface area contributed by atoms with Gasteiger partial charge >= 0.3 is 0 Å². The van der Waals surface area contributed by atoms with Gasteiger partial charge in [0.15, 0.2) is 0 Å². The van der Waals surface area contributed by atoms with Crippen LogP contribution in [-0.4, -0.2) is 29.6 Å². The van der Waals surface area contributed by atoms with Gasteiger partial charge in [-0.05, 0) is 48.1 Å². The summed E-state index contributed by atoms with van der Waals surface area (Å²) in [6.45, 7) is 6.11. The van der Waals surface area contributed by atoms with Crippen molar-refractivity contribution < 1.29 is 14.7 Å². The van der Waals surface area contributed by atoms with Gasteiger partial charge in [-0.3, -0.25) is 9.59 Å². The van der Waals surface area contributed by atoms with Crippen LogP contribution in [0.2, 0.25) is 0 Å². The Morgan fingerprint density at radius 3 is 2.32 bits per heavy atom. The van der Waals surface area contributed by atoms with Gasteiger partial charge in [0, 0.05) is 11.3 Å². The molecule has 0 fully saturated rings. The van der Waals surface area contributed by atoms with Gasteiger partial charge in [0.05, 0.1) is 19.1 Å². The van der Waals surface area contributed by atoms with E-state index in [2.05, 4.69) is 24.5 Å². The molecule has 1 atom stereocenters.